The Bertz CT molecular complexity index is 3060. The summed E-state index contributed by atoms with van der Waals surface area (Å²) in [6.45, 7) is 0. The van der Waals surface area contributed by atoms with Gasteiger partial charge in [-0.3, -0.25) is 4.57 Å². The third-order valence-electron chi connectivity index (χ3n) is 9.95. The SMILES string of the molecule is c1ccc(-c2nc(-c3ccccc3)nc(-n3c4ccccc4c4c5c(c6ccccc6n5-c5ccccc5)c5oc6ccccc6c5c43)n2)cc1. The molecule has 0 atom stereocenters. The highest BCUT2D eigenvalue weighted by atomic mass is 16.3. The smallest absolute Gasteiger partial charge is 0.238 e. The predicted octanol–water partition coefficient (Wildman–Crippen LogP) is 11.3. The minimum Gasteiger partial charge on any atom is -0.455 e. The van der Waals surface area contributed by atoms with E-state index in [0.717, 1.165) is 82.4 Å². The molecule has 6 nitrogen and oxygen atoms in total. The van der Waals surface area contributed by atoms with E-state index in [0.29, 0.717) is 17.6 Å². The van der Waals surface area contributed by atoms with E-state index in [9.17, 15) is 0 Å². The first kappa shape index (κ1) is 27.9. The molecule has 0 radical (unpaired) electrons. The summed E-state index contributed by atoms with van der Waals surface area (Å²) < 4.78 is 11.5. The van der Waals surface area contributed by atoms with Gasteiger partial charge >= 0.3 is 0 Å². The van der Waals surface area contributed by atoms with Crippen LogP contribution in [0.3, 0.4) is 0 Å². The second kappa shape index (κ2) is 10.7. The van der Waals surface area contributed by atoms with E-state index in [-0.39, 0.29) is 0 Å². The van der Waals surface area contributed by atoms with E-state index in [1.807, 2.05) is 66.7 Å². The fraction of sp³-hybridized carbons (Fsp3) is 0. The normalized spacial score (nSPS) is 11.9. The number of para-hydroxylation sites is 4. The van der Waals surface area contributed by atoms with Crippen LogP contribution in [0.1, 0.15) is 0 Å². The van der Waals surface area contributed by atoms with Crippen LogP contribution < -0.4 is 0 Å². The highest BCUT2D eigenvalue weighted by molar-refractivity contribution is 6.39. The maximum atomic E-state index is 6.92. The fourth-order valence-corrected chi connectivity index (χ4v) is 7.83. The van der Waals surface area contributed by atoms with Crippen molar-refractivity contribution in [3.8, 4) is 34.4 Å². The lowest BCUT2D eigenvalue weighted by molar-refractivity contribution is 0.673. The molecule has 4 aromatic heterocycles. The molecule has 0 saturated heterocycles. The largest absolute Gasteiger partial charge is 0.455 e. The Balaban J connectivity index is 1.41. The van der Waals surface area contributed by atoms with Crippen molar-refractivity contribution >= 4 is 65.6 Å². The summed E-state index contributed by atoms with van der Waals surface area (Å²) >= 11 is 0. The number of hydrogen-bond donors (Lipinski definition) is 0. The number of aromatic nitrogens is 5. The number of hydrogen-bond acceptors (Lipinski definition) is 4. The van der Waals surface area contributed by atoms with Crippen molar-refractivity contribution in [1.82, 2.24) is 24.1 Å². The van der Waals surface area contributed by atoms with E-state index < -0.39 is 0 Å². The van der Waals surface area contributed by atoms with E-state index in [1.165, 1.54) is 0 Å². The third-order valence-corrected chi connectivity index (χ3v) is 9.95. The molecular formula is C45H27N5O. The average Bonchev–Trinajstić information content (AvgIpc) is 3.87. The molecule has 0 aliphatic heterocycles. The van der Waals surface area contributed by atoms with E-state index in [2.05, 4.69) is 106 Å². The number of furan rings is 1. The van der Waals surface area contributed by atoms with Crippen molar-refractivity contribution in [2.75, 3.05) is 0 Å². The Morgan fingerprint density at radius 3 is 1.51 bits per heavy atom. The zero-order valence-electron chi connectivity index (χ0n) is 27.2. The standard InChI is InChI=1S/C45H27N5O/c1-4-16-28(17-5-1)43-46-44(29-18-6-2-7-19-29)48-45(47-43)50-35-26-14-10-22-31(35)37-40-38(42-39(41(37)50)33-24-12-15-27-36(33)51-42)32-23-11-13-25-34(32)49(40)30-20-8-3-9-21-30/h1-27H. The van der Waals surface area contributed by atoms with Gasteiger partial charge in [-0.05, 0) is 30.3 Å². The fourth-order valence-electron chi connectivity index (χ4n) is 7.83. The summed E-state index contributed by atoms with van der Waals surface area (Å²) in [5.41, 5.74) is 8.79. The number of benzene rings is 7. The monoisotopic (exact) mass is 653 g/mol. The molecule has 238 valence electrons. The van der Waals surface area contributed by atoms with Crippen LogP contribution in [0.25, 0.3) is 100.0 Å². The maximum absolute atomic E-state index is 6.92. The highest BCUT2D eigenvalue weighted by Gasteiger charge is 2.28. The van der Waals surface area contributed by atoms with Crippen molar-refractivity contribution in [1.29, 1.82) is 0 Å². The van der Waals surface area contributed by atoms with Crippen LogP contribution in [-0.4, -0.2) is 24.1 Å². The molecule has 0 amide bonds. The molecule has 7 aromatic carbocycles. The Kier molecular flexibility index (Phi) is 5.86. The van der Waals surface area contributed by atoms with Crippen molar-refractivity contribution in [3.63, 3.8) is 0 Å². The van der Waals surface area contributed by atoms with Crippen LogP contribution in [0.15, 0.2) is 168 Å². The topological polar surface area (TPSA) is 61.7 Å². The molecule has 0 aliphatic rings. The van der Waals surface area contributed by atoms with Gasteiger partial charge in [-0.2, -0.15) is 9.97 Å². The quantitative estimate of drug-likeness (QED) is 0.190. The third kappa shape index (κ3) is 4.01. The van der Waals surface area contributed by atoms with E-state index >= 15 is 0 Å². The molecule has 0 unspecified atom stereocenters. The summed E-state index contributed by atoms with van der Waals surface area (Å²) in [4.78, 5) is 15.5. The summed E-state index contributed by atoms with van der Waals surface area (Å²) in [7, 11) is 0. The van der Waals surface area contributed by atoms with Gasteiger partial charge in [0.05, 0.1) is 32.8 Å². The molecule has 0 N–H and O–H groups in total. The molecule has 0 bridgehead atoms. The van der Waals surface area contributed by atoms with Gasteiger partial charge in [-0.15, -0.1) is 0 Å². The summed E-state index contributed by atoms with van der Waals surface area (Å²) in [5.74, 6) is 1.76. The van der Waals surface area contributed by atoms with Crippen LogP contribution in [0.4, 0.5) is 0 Å². The molecule has 6 heteroatoms. The molecule has 4 heterocycles. The first-order chi connectivity index (χ1) is 25.3. The zero-order valence-corrected chi connectivity index (χ0v) is 27.2. The maximum Gasteiger partial charge on any atom is 0.238 e. The predicted molar refractivity (Wildman–Crippen MR) is 207 cm³/mol. The van der Waals surface area contributed by atoms with Crippen molar-refractivity contribution in [2.24, 2.45) is 0 Å². The Hall–Kier alpha value is -7.05. The van der Waals surface area contributed by atoms with Crippen LogP contribution in [-0.2, 0) is 0 Å². The van der Waals surface area contributed by atoms with Crippen LogP contribution in [0, 0.1) is 0 Å². The average molecular weight is 654 g/mol. The minimum atomic E-state index is 0.544. The molecule has 11 rings (SSSR count). The molecule has 51 heavy (non-hydrogen) atoms. The number of rotatable bonds is 4. The van der Waals surface area contributed by atoms with Crippen LogP contribution >= 0.6 is 0 Å². The van der Waals surface area contributed by atoms with E-state index in [4.69, 9.17) is 19.4 Å². The van der Waals surface area contributed by atoms with Gasteiger partial charge in [0.2, 0.25) is 5.95 Å². The molecule has 0 saturated carbocycles. The van der Waals surface area contributed by atoms with Gasteiger partial charge in [-0.25, -0.2) is 4.98 Å². The van der Waals surface area contributed by atoms with Crippen LogP contribution in [0.5, 0.6) is 0 Å². The van der Waals surface area contributed by atoms with Gasteiger partial charge in [0.25, 0.3) is 0 Å². The summed E-state index contributed by atoms with van der Waals surface area (Å²) in [6, 6.07) is 56.4. The van der Waals surface area contributed by atoms with Gasteiger partial charge in [0.15, 0.2) is 11.6 Å². The number of nitrogens with zero attached hydrogens (tertiary/aromatic N) is 5. The van der Waals surface area contributed by atoms with Crippen LogP contribution in [0.2, 0.25) is 0 Å². The first-order valence-corrected chi connectivity index (χ1v) is 17.1. The van der Waals surface area contributed by atoms with Crippen molar-refractivity contribution < 1.29 is 4.42 Å². The minimum absolute atomic E-state index is 0.544. The first-order valence-electron chi connectivity index (χ1n) is 17.1. The summed E-state index contributed by atoms with van der Waals surface area (Å²) in [5, 5.41) is 6.51. The Labute approximate surface area is 291 Å². The number of fused-ring (bicyclic) bond motifs is 12. The summed E-state index contributed by atoms with van der Waals surface area (Å²) in [6.07, 6.45) is 0. The van der Waals surface area contributed by atoms with Gasteiger partial charge < -0.3 is 8.98 Å². The lowest BCUT2D eigenvalue weighted by atomic mass is 10.0. The molecule has 0 fully saturated rings. The Morgan fingerprint density at radius 1 is 0.392 bits per heavy atom. The lowest BCUT2D eigenvalue weighted by Gasteiger charge is -2.12. The molecular weight excluding hydrogens is 627 g/mol. The van der Waals surface area contributed by atoms with Gasteiger partial charge in [-0.1, -0.05) is 133 Å². The van der Waals surface area contributed by atoms with E-state index in [1.54, 1.807) is 0 Å². The van der Waals surface area contributed by atoms with Crippen molar-refractivity contribution in [2.45, 2.75) is 0 Å². The Morgan fingerprint density at radius 2 is 0.863 bits per heavy atom. The zero-order chi connectivity index (χ0) is 33.5. The van der Waals surface area contributed by atoms with Gasteiger partial charge in [0, 0.05) is 38.4 Å². The lowest BCUT2D eigenvalue weighted by Crippen LogP contribution is -2.06. The van der Waals surface area contributed by atoms with Crippen molar-refractivity contribution in [3.05, 3.63) is 164 Å². The molecule has 0 aliphatic carbocycles. The van der Waals surface area contributed by atoms with Gasteiger partial charge in [0.1, 0.15) is 11.2 Å². The molecule has 0 spiro atoms. The highest BCUT2D eigenvalue weighted by Crippen LogP contribution is 2.49. The molecule has 11 aromatic rings. The second-order valence-electron chi connectivity index (χ2n) is 12.8. The second-order valence-corrected chi connectivity index (χ2v) is 12.8.